The predicted octanol–water partition coefficient (Wildman–Crippen LogP) is -0.120. The molecule has 0 aliphatic carbocycles. The SMILES string of the molecule is Cc1nccc(CNC(=O)Cn2cc(N)cn2)n1. The first-order valence-electron chi connectivity index (χ1n) is 5.46. The summed E-state index contributed by atoms with van der Waals surface area (Å²) in [6, 6.07) is 1.76. The third-order valence-electron chi connectivity index (χ3n) is 2.26. The van der Waals surface area contributed by atoms with Crippen molar-refractivity contribution >= 4 is 11.6 Å². The van der Waals surface area contributed by atoms with E-state index in [2.05, 4.69) is 20.4 Å². The number of carbonyl (C=O) groups is 1. The molecular weight excluding hydrogens is 232 g/mol. The van der Waals surface area contributed by atoms with Gasteiger partial charge in [-0.15, -0.1) is 0 Å². The lowest BCUT2D eigenvalue weighted by atomic mass is 10.4. The Balaban J connectivity index is 1.85. The molecule has 0 fully saturated rings. The molecule has 0 spiro atoms. The number of rotatable bonds is 4. The zero-order valence-electron chi connectivity index (χ0n) is 10.00. The number of hydrogen-bond acceptors (Lipinski definition) is 5. The van der Waals surface area contributed by atoms with Gasteiger partial charge in [0.15, 0.2) is 0 Å². The van der Waals surface area contributed by atoms with Crippen molar-refractivity contribution in [2.45, 2.75) is 20.0 Å². The maximum atomic E-state index is 11.6. The third kappa shape index (κ3) is 3.27. The first-order chi connectivity index (χ1) is 8.63. The average molecular weight is 246 g/mol. The molecule has 0 saturated heterocycles. The Kier molecular flexibility index (Phi) is 3.52. The van der Waals surface area contributed by atoms with Crippen LogP contribution in [0.1, 0.15) is 11.5 Å². The molecule has 7 heteroatoms. The number of aromatic nitrogens is 4. The summed E-state index contributed by atoms with van der Waals surface area (Å²) in [7, 11) is 0. The van der Waals surface area contributed by atoms with Gasteiger partial charge in [0.1, 0.15) is 12.4 Å². The smallest absolute Gasteiger partial charge is 0.242 e. The van der Waals surface area contributed by atoms with E-state index in [-0.39, 0.29) is 12.5 Å². The van der Waals surface area contributed by atoms with Crippen molar-refractivity contribution in [3.05, 3.63) is 36.2 Å². The van der Waals surface area contributed by atoms with Gasteiger partial charge >= 0.3 is 0 Å². The van der Waals surface area contributed by atoms with E-state index >= 15 is 0 Å². The molecule has 0 aliphatic heterocycles. The number of nitrogen functional groups attached to an aromatic ring is 1. The molecule has 18 heavy (non-hydrogen) atoms. The van der Waals surface area contributed by atoms with Gasteiger partial charge < -0.3 is 11.1 Å². The largest absolute Gasteiger partial charge is 0.396 e. The zero-order valence-corrected chi connectivity index (χ0v) is 10.00. The Morgan fingerprint density at radius 3 is 3.06 bits per heavy atom. The van der Waals surface area contributed by atoms with Crippen LogP contribution in [0.4, 0.5) is 5.69 Å². The maximum absolute atomic E-state index is 11.6. The van der Waals surface area contributed by atoms with Crippen LogP contribution in [0, 0.1) is 6.92 Å². The molecule has 94 valence electrons. The van der Waals surface area contributed by atoms with Gasteiger partial charge in [0.25, 0.3) is 0 Å². The Morgan fingerprint density at radius 2 is 2.39 bits per heavy atom. The molecule has 0 radical (unpaired) electrons. The number of carbonyl (C=O) groups excluding carboxylic acids is 1. The second-order valence-electron chi connectivity index (χ2n) is 3.84. The lowest BCUT2D eigenvalue weighted by Crippen LogP contribution is -2.27. The molecule has 1 amide bonds. The molecule has 2 rings (SSSR count). The van der Waals surface area contributed by atoms with Gasteiger partial charge in [0.2, 0.25) is 5.91 Å². The van der Waals surface area contributed by atoms with E-state index in [1.165, 1.54) is 10.9 Å². The summed E-state index contributed by atoms with van der Waals surface area (Å²) in [4.78, 5) is 19.8. The second kappa shape index (κ2) is 5.26. The molecule has 2 heterocycles. The van der Waals surface area contributed by atoms with Gasteiger partial charge in [-0.25, -0.2) is 9.97 Å². The summed E-state index contributed by atoms with van der Waals surface area (Å²) < 4.78 is 1.48. The first-order valence-corrected chi connectivity index (χ1v) is 5.46. The fourth-order valence-electron chi connectivity index (χ4n) is 1.46. The lowest BCUT2D eigenvalue weighted by molar-refractivity contribution is -0.122. The van der Waals surface area contributed by atoms with Crippen LogP contribution in [0.3, 0.4) is 0 Å². The summed E-state index contributed by atoms with van der Waals surface area (Å²) >= 11 is 0. The summed E-state index contributed by atoms with van der Waals surface area (Å²) in [5.74, 6) is 0.538. The van der Waals surface area contributed by atoms with Crippen LogP contribution in [0.5, 0.6) is 0 Å². The molecule has 0 unspecified atom stereocenters. The Bertz CT molecular complexity index is 550. The van der Waals surface area contributed by atoms with Crippen LogP contribution in [0.15, 0.2) is 24.7 Å². The number of nitrogens with two attached hydrogens (primary N) is 1. The topological polar surface area (TPSA) is 98.7 Å². The summed E-state index contributed by atoms with van der Waals surface area (Å²) in [6.45, 7) is 2.32. The van der Waals surface area contributed by atoms with Crippen molar-refractivity contribution in [2.75, 3.05) is 5.73 Å². The molecule has 0 saturated carbocycles. The van der Waals surface area contributed by atoms with Gasteiger partial charge in [-0.3, -0.25) is 9.48 Å². The van der Waals surface area contributed by atoms with Crippen LogP contribution >= 0.6 is 0 Å². The molecule has 0 atom stereocenters. The average Bonchev–Trinajstić information content (AvgIpc) is 2.72. The van der Waals surface area contributed by atoms with E-state index in [0.29, 0.717) is 18.1 Å². The summed E-state index contributed by atoms with van der Waals surface area (Å²) in [5.41, 5.74) is 6.81. The predicted molar refractivity (Wildman–Crippen MR) is 65.3 cm³/mol. The van der Waals surface area contributed by atoms with Gasteiger partial charge in [-0.2, -0.15) is 5.10 Å². The van der Waals surface area contributed by atoms with Gasteiger partial charge in [-0.1, -0.05) is 0 Å². The Hall–Kier alpha value is -2.44. The monoisotopic (exact) mass is 246 g/mol. The van der Waals surface area contributed by atoms with Crippen LogP contribution in [0.2, 0.25) is 0 Å². The van der Waals surface area contributed by atoms with Crippen LogP contribution in [-0.4, -0.2) is 25.7 Å². The second-order valence-corrected chi connectivity index (χ2v) is 3.84. The standard InChI is InChI=1S/C11H14N6O/c1-8-13-3-2-10(16-8)5-14-11(18)7-17-6-9(12)4-15-17/h2-4,6H,5,7,12H2,1H3,(H,14,18). The molecule has 2 aromatic heterocycles. The van der Waals surface area contributed by atoms with Crippen molar-refractivity contribution < 1.29 is 4.79 Å². The molecule has 7 nitrogen and oxygen atoms in total. The number of nitrogens with one attached hydrogen (secondary N) is 1. The van der Waals surface area contributed by atoms with Crippen LogP contribution in [-0.2, 0) is 17.9 Å². The van der Waals surface area contributed by atoms with E-state index in [1.807, 2.05) is 0 Å². The molecule has 0 bridgehead atoms. The number of amides is 1. The summed E-state index contributed by atoms with van der Waals surface area (Å²) in [6.07, 6.45) is 4.77. The Labute approximate surface area is 104 Å². The lowest BCUT2D eigenvalue weighted by Gasteiger charge is -2.05. The number of nitrogens with zero attached hydrogens (tertiary/aromatic N) is 4. The molecule has 0 aromatic carbocycles. The van der Waals surface area contributed by atoms with Gasteiger partial charge in [-0.05, 0) is 13.0 Å². The zero-order chi connectivity index (χ0) is 13.0. The van der Waals surface area contributed by atoms with Crippen molar-refractivity contribution in [3.63, 3.8) is 0 Å². The van der Waals surface area contributed by atoms with Crippen molar-refractivity contribution in [1.29, 1.82) is 0 Å². The number of hydrogen-bond donors (Lipinski definition) is 2. The highest BCUT2D eigenvalue weighted by Gasteiger charge is 2.04. The molecule has 3 N–H and O–H groups in total. The molecular formula is C11H14N6O. The Morgan fingerprint density at radius 1 is 1.56 bits per heavy atom. The molecule has 2 aromatic rings. The van der Waals surface area contributed by atoms with Crippen LogP contribution < -0.4 is 11.1 Å². The number of anilines is 1. The van der Waals surface area contributed by atoms with E-state index < -0.39 is 0 Å². The van der Waals surface area contributed by atoms with Gasteiger partial charge in [0.05, 0.1) is 24.1 Å². The van der Waals surface area contributed by atoms with Gasteiger partial charge in [0, 0.05) is 12.4 Å². The van der Waals surface area contributed by atoms with E-state index in [9.17, 15) is 4.79 Å². The molecule has 0 aliphatic rings. The highest BCUT2D eigenvalue weighted by Crippen LogP contribution is 1.98. The maximum Gasteiger partial charge on any atom is 0.242 e. The quantitative estimate of drug-likeness (QED) is 0.783. The van der Waals surface area contributed by atoms with Crippen molar-refractivity contribution in [3.8, 4) is 0 Å². The minimum atomic E-state index is -0.144. The minimum Gasteiger partial charge on any atom is -0.396 e. The fourth-order valence-corrected chi connectivity index (χ4v) is 1.46. The minimum absolute atomic E-state index is 0.140. The van der Waals surface area contributed by atoms with E-state index in [0.717, 1.165) is 5.69 Å². The highest BCUT2D eigenvalue weighted by molar-refractivity contribution is 5.75. The number of aryl methyl sites for hydroxylation is 1. The fraction of sp³-hybridized carbons (Fsp3) is 0.273. The third-order valence-corrected chi connectivity index (χ3v) is 2.26. The van der Waals surface area contributed by atoms with Crippen molar-refractivity contribution in [2.24, 2.45) is 0 Å². The van der Waals surface area contributed by atoms with Crippen molar-refractivity contribution in [1.82, 2.24) is 25.1 Å². The van der Waals surface area contributed by atoms with E-state index in [4.69, 9.17) is 5.73 Å². The van der Waals surface area contributed by atoms with Crippen LogP contribution in [0.25, 0.3) is 0 Å². The van der Waals surface area contributed by atoms with E-state index in [1.54, 1.807) is 25.4 Å². The summed E-state index contributed by atoms with van der Waals surface area (Å²) in [5, 5.41) is 6.68. The highest BCUT2D eigenvalue weighted by atomic mass is 16.2. The first kappa shape index (κ1) is 12.0. The normalized spacial score (nSPS) is 10.3.